The fourth-order valence-corrected chi connectivity index (χ4v) is 4.98. The summed E-state index contributed by atoms with van der Waals surface area (Å²) in [6.07, 6.45) is 3.49. The van der Waals surface area contributed by atoms with Gasteiger partial charge in [0.2, 0.25) is 25.1 Å². The zero-order chi connectivity index (χ0) is 21.1. The smallest absolute Gasteiger partial charge is 0.233 e. The predicted molar refractivity (Wildman–Crippen MR) is 108 cm³/mol. The molecule has 7 nitrogen and oxygen atoms in total. The van der Waals surface area contributed by atoms with Crippen molar-refractivity contribution in [3.05, 3.63) is 0 Å². The molecule has 1 saturated carbocycles. The highest BCUT2D eigenvalue weighted by atomic mass is 31.2. The third-order valence-corrected chi connectivity index (χ3v) is 8.76. The maximum absolute atomic E-state index is 12.4. The van der Waals surface area contributed by atoms with Crippen LogP contribution in [0.2, 0.25) is 0 Å². The quantitative estimate of drug-likeness (QED) is 0.469. The highest BCUT2D eigenvalue weighted by Gasteiger charge is 2.41. The minimum Gasteiger partial charge on any atom is -0.355 e. The van der Waals surface area contributed by atoms with Gasteiger partial charge >= 0.3 is 0 Å². The van der Waals surface area contributed by atoms with E-state index in [0.717, 1.165) is 25.7 Å². The van der Waals surface area contributed by atoms with Crippen molar-refractivity contribution in [2.45, 2.75) is 65.5 Å². The number of hydrogen-bond acceptors (Lipinski definition) is 4. The molecule has 0 aromatic heterocycles. The largest absolute Gasteiger partial charge is 0.355 e. The number of carbonyl (C=O) groups excluding carboxylic acids is 3. The number of imide groups is 1. The van der Waals surface area contributed by atoms with E-state index in [4.69, 9.17) is 0 Å². The van der Waals surface area contributed by atoms with Gasteiger partial charge < -0.3 is 10.2 Å². The van der Waals surface area contributed by atoms with E-state index in [1.807, 2.05) is 13.8 Å². The molecule has 1 aliphatic carbocycles. The lowest BCUT2D eigenvalue weighted by molar-refractivity contribution is -0.141. The van der Waals surface area contributed by atoms with E-state index in [1.54, 1.807) is 13.8 Å². The Balaban J connectivity index is 1.75. The van der Waals surface area contributed by atoms with E-state index < -0.39 is 7.37 Å². The second-order valence-electron chi connectivity index (χ2n) is 8.98. The van der Waals surface area contributed by atoms with Crippen LogP contribution < -0.4 is 5.32 Å². The monoisotopic (exact) mass is 414 g/mol. The molecule has 2 rings (SSSR count). The highest BCUT2D eigenvalue weighted by molar-refractivity contribution is 7.58. The Hall–Kier alpha value is -1.20. The van der Waals surface area contributed by atoms with Crippen LogP contribution in [0.25, 0.3) is 0 Å². The van der Waals surface area contributed by atoms with Crippen LogP contribution in [0, 0.1) is 23.7 Å². The van der Waals surface area contributed by atoms with Gasteiger partial charge in [-0.3, -0.25) is 23.8 Å². The van der Waals surface area contributed by atoms with Crippen molar-refractivity contribution in [1.82, 2.24) is 10.2 Å². The Kier molecular flexibility index (Phi) is 7.86. The summed E-state index contributed by atoms with van der Waals surface area (Å²) in [6, 6.07) is 0. The van der Waals surface area contributed by atoms with Gasteiger partial charge in [0, 0.05) is 43.2 Å². The van der Waals surface area contributed by atoms with Crippen LogP contribution >= 0.6 is 7.37 Å². The van der Waals surface area contributed by atoms with Crippen LogP contribution in [-0.4, -0.2) is 52.4 Å². The van der Waals surface area contributed by atoms with Crippen LogP contribution in [0.1, 0.15) is 59.8 Å². The van der Waals surface area contributed by atoms with Crippen molar-refractivity contribution in [1.29, 1.82) is 0 Å². The summed E-state index contributed by atoms with van der Waals surface area (Å²) in [5, 5.41) is 2.79. The van der Waals surface area contributed by atoms with Gasteiger partial charge in [-0.1, -0.05) is 27.7 Å². The molecule has 2 N–H and O–H groups in total. The molecule has 1 aliphatic heterocycles. The fourth-order valence-electron chi connectivity index (χ4n) is 4.03. The van der Waals surface area contributed by atoms with Crippen LogP contribution in [0.5, 0.6) is 0 Å². The van der Waals surface area contributed by atoms with Gasteiger partial charge in [0.05, 0.1) is 0 Å². The molecule has 0 bridgehead atoms. The summed E-state index contributed by atoms with van der Waals surface area (Å²) < 4.78 is 11.9. The van der Waals surface area contributed by atoms with Crippen molar-refractivity contribution in [2.75, 3.05) is 19.3 Å². The second kappa shape index (κ2) is 9.53. The van der Waals surface area contributed by atoms with Crippen LogP contribution in [-0.2, 0) is 18.9 Å². The van der Waals surface area contributed by atoms with E-state index in [2.05, 4.69) is 5.32 Å². The summed E-state index contributed by atoms with van der Waals surface area (Å²) in [5.74, 6) is -0.0343. The molecule has 0 radical (unpaired) electrons. The average molecular weight is 414 g/mol. The minimum absolute atomic E-state index is 0.0431. The standard InChI is InChI=1S/C20H35N2O5P/c1-13(2)17-11-18(23)22(20(17)25)12-15-5-7-16(8-6-15)19(24)21-9-10-28(26,27)14(3)4/h13-17H,5-12H2,1-4H3,(H,21,24)(H,26,27). The van der Waals surface area contributed by atoms with Gasteiger partial charge in [-0.15, -0.1) is 0 Å². The van der Waals surface area contributed by atoms with E-state index in [1.165, 1.54) is 4.90 Å². The summed E-state index contributed by atoms with van der Waals surface area (Å²) in [7, 11) is -3.20. The first kappa shape index (κ1) is 23.1. The average Bonchev–Trinajstić information content (AvgIpc) is 2.90. The highest BCUT2D eigenvalue weighted by Crippen LogP contribution is 2.45. The van der Waals surface area contributed by atoms with Gasteiger partial charge in [-0.2, -0.15) is 0 Å². The Labute approximate surface area is 168 Å². The lowest BCUT2D eigenvalue weighted by Gasteiger charge is -2.30. The lowest BCUT2D eigenvalue weighted by atomic mass is 9.81. The van der Waals surface area contributed by atoms with Gasteiger partial charge in [0.25, 0.3) is 0 Å². The SMILES string of the molecule is CC(C)C1CC(=O)N(CC2CCC(C(=O)NCCP(=O)(O)C(C)C)CC2)C1=O. The number of nitrogens with zero attached hydrogens (tertiary/aromatic N) is 1. The van der Waals surface area contributed by atoms with Crippen LogP contribution in [0.4, 0.5) is 0 Å². The van der Waals surface area contributed by atoms with Gasteiger partial charge in [0.1, 0.15) is 0 Å². The summed E-state index contributed by atoms with van der Waals surface area (Å²) >= 11 is 0. The summed E-state index contributed by atoms with van der Waals surface area (Å²) in [6.45, 7) is 8.06. The van der Waals surface area contributed by atoms with Gasteiger partial charge in [-0.05, 0) is 37.5 Å². The molecule has 0 aromatic carbocycles. The van der Waals surface area contributed by atoms with Crippen molar-refractivity contribution < 1.29 is 23.8 Å². The number of nitrogens with one attached hydrogen (secondary N) is 1. The van der Waals surface area contributed by atoms with Crippen molar-refractivity contribution in [2.24, 2.45) is 23.7 Å². The Morgan fingerprint density at radius 1 is 1.18 bits per heavy atom. The zero-order valence-corrected chi connectivity index (χ0v) is 18.4. The molecule has 28 heavy (non-hydrogen) atoms. The number of rotatable bonds is 8. The van der Waals surface area contributed by atoms with Crippen molar-refractivity contribution >= 4 is 25.1 Å². The lowest BCUT2D eigenvalue weighted by Crippen LogP contribution is -2.39. The third kappa shape index (κ3) is 5.66. The topological polar surface area (TPSA) is 104 Å². The molecule has 2 aliphatic rings. The molecule has 3 amide bonds. The predicted octanol–water partition coefficient (Wildman–Crippen LogP) is 2.62. The van der Waals surface area contributed by atoms with Crippen molar-refractivity contribution in [3.8, 4) is 0 Å². The fraction of sp³-hybridized carbons (Fsp3) is 0.850. The molecule has 8 heteroatoms. The third-order valence-electron chi connectivity index (χ3n) is 6.28. The molecular weight excluding hydrogens is 379 g/mol. The molecule has 160 valence electrons. The van der Waals surface area contributed by atoms with Crippen LogP contribution in [0.15, 0.2) is 0 Å². The van der Waals surface area contributed by atoms with Crippen molar-refractivity contribution in [3.63, 3.8) is 0 Å². The maximum atomic E-state index is 12.4. The number of amides is 3. The Morgan fingerprint density at radius 2 is 1.79 bits per heavy atom. The molecule has 1 saturated heterocycles. The Morgan fingerprint density at radius 3 is 2.29 bits per heavy atom. The van der Waals surface area contributed by atoms with Crippen LogP contribution in [0.3, 0.4) is 0 Å². The first-order chi connectivity index (χ1) is 13.0. The minimum atomic E-state index is -3.20. The second-order valence-corrected chi connectivity index (χ2v) is 12.0. The van der Waals surface area contributed by atoms with E-state index >= 15 is 0 Å². The van der Waals surface area contributed by atoms with E-state index in [-0.39, 0.29) is 59.8 Å². The molecule has 0 aromatic rings. The number of hydrogen-bond donors (Lipinski definition) is 2. The normalized spacial score (nSPS) is 28.1. The molecule has 0 spiro atoms. The number of likely N-dealkylation sites (tertiary alicyclic amines) is 1. The molecule has 2 unspecified atom stereocenters. The molecule has 2 atom stereocenters. The Bertz CT molecular complexity index is 641. The zero-order valence-electron chi connectivity index (χ0n) is 17.5. The van der Waals surface area contributed by atoms with Gasteiger partial charge in [0.15, 0.2) is 0 Å². The molecule has 1 heterocycles. The summed E-state index contributed by atoms with van der Waals surface area (Å²) in [5.41, 5.74) is -0.300. The summed E-state index contributed by atoms with van der Waals surface area (Å²) in [4.78, 5) is 48.2. The van der Waals surface area contributed by atoms with E-state index in [0.29, 0.717) is 13.0 Å². The molecule has 2 fully saturated rings. The molecular formula is C20H35N2O5P. The van der Waals surface area contributed by atoms with Gasteiger partial charge in [-0.25, -0.2) is 0 Å². The first-order valence-corrected chi connectivity index (χ1v) is 12.4. The first-order valence-electron chi connectivity index (χ1n) is 10.5. The van der Waals surface area contributed by atoms with E-state index in [9.17, 15) is 23.8 Å². The maximum Gasteiger partial charge on any atom is 0.233 e. The number of carbonyl (C=O) groups is 3.